The molecule has 1 unspecified atom stereocenters. The van der Waals surface area contributed by atoms with Crippen molar-refractivity contribution in [2.24, 2.45) is 0 Å². The fourth-order valence-electron chi connectivity index (χ4n) is 3.36. The summed E-state index contributed by atoms with van der Waals surface area (Å²) in [4.78, 5) is 27.6. The first-order valence-corrected chi connectivity index (χ1v) is 11.7. The highest BCUT2D eigenvalue weighted by Gasteiger charge is 2.30. The summed E-state index contributed by atoms with van der Waals surface area (Å²) in [6.45, 7) is 7.97. The first-order chi connectivity index (χ1) is 15.2. The lowest BCUT2D eigenvalue weighted by Gasteiger charge is -2.31. The average molecular weight is 500 g/mol. The van der Waals surface area contributed by atoms with E-state index >= 15 is 0 Å². The topological polar surface area (TPSA) is 58.6 Å². The molecule has 0 saturated heterocycles. The Morgan fingerprint density at radius 1 is 1.06 bits per heavy atom. The molecule has 0 aliphatic rings. The lowest BCUT2D eigenvalue weighted by molar-refractivity contribution is -0.143. The molecule has 1 atom stereocenters. The monoisotopic (exact) mass is 498 g/mol. The summed E-state index contributed by atoms with van der Waals surface area (Å²) < 4.78 is 5.77. The second kappa shape index (κ2) is 12.3. The van der Waals surface area contributed by atoms with Crippen LogP contribution in [0.3, 0.4) is 0 Å². The molecule has 2 aromatic carbocycles. The van der Waals surface area contributed by atoms with Crippen LogP contribution in [0.5, 0.6) is 5.75 Å². The molecule has 0 bridgehead atoms. The Kier molecular flexibility index (Phi) is 10.1. The molecule has 5 nitrogen and oxygen atoms in total. The van der Waals surface area contributed by atoms with Crippen LogP contribution in [0.4, 0.5) is 0 Å². The van der Waals surface area contributed by atoms with E-state index in [1.165, 1.54) is 4.90 Å². The Balaban J connectivity index is 2.29. The highest BCUT2D eigenvalue weighted by atomic mass is 35.5. The minimum atomic E-state index is -0.682. The number of hydrogen-bond acceptors (Lipinski definition) is 3. The van der Waals surface area contributed by atoms with E-state index in [1.807, 2.05) is 27.7 Å². The largest absolute Gasteiger partial charge is 0.484 e. The summed E-state index contributed by atoms with van der Waals surface area (Å²) >= 11 is 18.9. The smallest absolute Gasteiger partial charge is 0.261 e. The predicted molar refractivity (Wildman–Crippen MR) is 131 cm³/mol. The molecule has 0 aromatic heterocycles. The van der Waals surface area contributed by atoms with Gasteiger partial charge in [0.15, 0.2) is 6.61 Å². The number of rotatable bonds is 10. The normalized spacial score (nSPS) is 11.7. The van der Waals surface area contributed by atoms with Gasteiger partial charge in [0.25, 0.3) is 5.91 Å². The van der Waals surface area contributed by atoms with E-state index in [0.717, 1.165) is 17.5 Å². The number of aryl methyl sites for hydroxylation is 2. The Bertz CT molecular complexity index is 922. The molecule has 0 aliphatic heterocycles. The van der Waals surface area contributed by atoms with E-state index in [0.29, 0.717) is 39.3 Å². The zero-order chi connectivity index (χ0) is 23.8. The lowest BCUT2D eigenvalue weighted by Crippen LogP contribution is -2.50. The standard InChI is InChI=1S/C24H29Cl3N2O3/c1-5-10-28-24(31)21(6-2)29(13-18-19(25)8-7-9-20(18)26)22(30)14-32-17-11-15(3)23(27)16(4)12-17/h7-9,11-12,21H,5-6,10,13-14H2,1-4H3,(H,28,31). The fraction of sp³-hybridized carbons (Fsp3) is 0.417. The van der Waals surface area contributed by atoms with Crippen molar-refractivity contribution in [3.05, 3.63) is 62.1 Å². The molecular weight excluding hydrogens is 471 g/mol. The van der Waals surface area contributed by atoms with Gasteiger partial charge in [0.1, 0.15) is 11.8 Å². The van der Waals surface area contributed by atoms with Crippen LogP contribution in [0.15, 0.2) is 30.3 Å². The average Bonchev–Trinajstić information content (AvgIpc) is 2.75. The number of hydrogen-bond donors (Lipinski definition) is 1. The molecule has 0 spiro atoms. The number of carbonyl (C=O) groups is 2. The molecule has 0 saturated carbocycles. The number of ether oxygens (including phenoxy) is 1. The van der Waals surface area contributed by atoms with Gasteiger partial charge in [0, 0.05) is 33.7 Å². The molecular formula is C24H29Cl3N2O3. The highest BCUT2D eigenvalue weighted by Crippen LogP contribution is 2.28. The van der Waals surface area contributed by atoms with Crippen LogP contribution in [0.25, 0.3) is 0 Å². The highest BCUT2D eigenvalue weighted by molar-refractivity contribution is 6.36. The maximum Gasteiger partial charge on any atom is 0.261 e. The molecule has 1 N–H and O–H groups in total. The summed E-state index contributed by atoms with van der Waals surface area (Å²) in [5.74, 6) is -0.0224. The van der Waals surface area contributed by atoms with Crippen molar-refractivity contribution in [1.82, 2.24) is 10.2 Å². The van der Waals surface area contributed by atoms with Crippen LogP contribution in [0, 0.1) is 13.8 Å². The molecule has 2 amide bonds. The third-order valence-corrected chi connectivity index (χ3v) is 6.40. The minimum Gasteiger partial charge on any atom is -0.484 e. The van der Waals surface area contributed by atoms with E-state index < -0.39 is 6.04 Å². The molecule has 32 heavy (non-hydrogen) atoms. The van der Waals surface area contributed by atoms with Crippen LogP contribution in [-0.2, 0) is 16.1 Å². The van der Waals surface area contributed by atoms with Gasteiger partial charge in [-0.2, -0.15) is 0 Å². The van der Waals surface area contributed by atoms with Crippen LogP contribution in [-0.4, -0.2) is 35.9 Å². The number of nitrogens with one attached hydrogen (secondary N) is 1. The maximum atomic E-state index is 13.3. The van der Waals surface area contributed by atoms with E-state index in [4.69, 9.17) is 39.5 Å². The second-order valence-electron chi connectivity index (χ2n) is 7.60. The van der Waals surface area contributed by atoms with Gasteiger partial charge in [-0.15, -0.1) is 0 Å². The zero-order valence-electron chi connectivity index (χ0n) is 18.8. The van der Waals surface area contributed by atoms with Crippen LogP contribution < -0.4 is 10.1 Å². The summed E-state index contributed by atoms with van der Waals surface area (Å²) in [5, 5.41) is 4.41. The van der Waals surface area contributed by atoms with E-state index in [2.05, 4.69) is 5.32 Å². The Hall–Kier alpha value is -1.95. The van der Waals surface area contributed by atoms with Crippen molar-refractivity contribution < 1.29 is 14.3 Å². The summed E-state index contributed by atoms with van der Waals surface area (Å²) in [7, 11) is 0. The molecule has 2 rings (SSSR count). The van der Waals surface area contributed by atoms with Gasteiger partial charge in [-0.05, 0) is 62.1 Å². The number of nitrogens with zero attached hydrogens (tertiary/aromatic N) is 1. The van der Waals surface area contributed by atoms with Crippen molar-refractivity contribution in [2.75, 3.05) is 13.2 Å². The van der Waals surface area contributed by atoms with Gasteiger partial charge in [0.05, 0.1) is 0 Å². The number of carbonyl (C=O) groups excluding carboxylic acids is 2. The van der Waals surface area contributed by atoms with Crippen molar-refractivity contribution >= 4 is 46.6 Å². The molecule has 0 radical (unpaired) electrons. The van der Waals surface area contributed by atoms with Crippen molar-refractivity contribution in [3.63, 3.8) is 0 Å². The van der Waals surface area contributed by atoms with Gasteiger partial charge < -0.3 is 15.0 Å². The zero-order valence-corrected chi connectivity index (χ0v) is 21.1. The number of benzene rings is 2. The van der Waals surface area contributed by atoms with E-state index in [9.17, 15) is 9.59 Å². The first-order valence-electron chi connectivity index (χ1n) is 10.6. The predicted octanol–water partition coefficient (Wildman–Crippen LogP) is 5.98. The first kappa shape index (κ1) is 26.3. The van der Waals surface area contributed by atoms with Gasteiger partial charge in [-0.25, -0.2) is 0 Å². The Labute approximate surface area is 205 Å². The lowest BCUT2D eigenvalue weighted by atomic mass is 10.1. The van der Waals surface area contributed by atoms with Gasteiger partial charge in [-0.1, -0.05) is 54.7 Å². The van der Waals surface area contributed by atoms with Gasteiger partial charge in [-0.3, -0.25) is 9.59 Å². The number of halogens is 3. The Morgan fingerprint density at radius 3 is 2.19 bits per heavy atom. The minimum absolute atomic E-state index is 0.0947. The quantitative estimate of drug-likeness (QED) is 0.438. The molecule has 8 heteroatoms. The van der Waals surface area contributed by atoms with Crippen LogP contribution in [0.2, 0.25) is 15.1 Å². The van der Waals surface area contributed by atoms with Gasteiger partial charge >= 0.3 is 0 Å². The van der Waals surface area contributed by atoms with Crippen molar-refractivity contribution in [1.29, 1.82) is 0 Å². The fourth-order valence-corrected chi connectivity index (χ4v) is 3.98. The Morgan fingerprint density at radius 2 is 1.66 bits per heavy atom. The third kappa shape index (κ3) is 6.77. The van der Waals surface area contributed by atoms with E-state index in [1.54, 1.807) is 30.3 Å². The number of amides is 2. The van der Waals surface area contributed by atoms with Crippen LogP contribution >= 0.6 is 34.8 Å². The molecule has 0 fully saturated rings. The van der Waals surface area contributed by atoms with Crippen molar-refractivity contribution in [3.8, 4) is 5.75 Å². The summed E-state index contributed by atoms with van der Waals surface area (Å²) in [6.07, 6.45) is 1.23. The second-order valence-corrected chi connectivity index (χ2v) is 8.79. The van der Waals surface area contributed by atoms with Crippen molar-refractivity contribution in [2.45, 2.75) is 53.1 Å². The molecule has 2 aromatic rings. The van der Waals surface area contributed by atoms with Gasteiger partial charge in [0.2, 0.25) is 5.91 Å². The summed E-state index contributed by atoms with van der Waals surface area (Å²) in [6, 6.07) is 8.03. The molecule has 174 valence electrons. The third-order valence-electron chi connectivity index (χ3n) is 5.10. The molecule has 0 aliphatic carbocycles. The summed E-state index contributed by atoms with van der Waals surface area (Å²) in [5.41, 5.74) is 2.31. The SMILES string of the molecule is CCCNC(=O)C(CC)N(Cc1c(Cl)cccc1Cl)C(=O)COc1cc(C)c(Cl)c(C)c1. The van der Waals surface area contributed by atoms with E-state index in [-0.39, 0.29) is 25.0 Å². The molecule has 0 heterocycles. The maximum absolute atomic E-state index is 13.3. The van der Waals surface area contributed by atoms with Crippen LogP contribution in [0.1, 0.15) is 43.4 Å².